The largest absolute Gasteiger partial charge is 0.458 e. The summed E-state index contributed by atoms with van der Waals surface area (Å²) in [6.45, 7) is 8.22. The Bertz CT molecular complexity index is 1120. The van der Waals surface area contributed by atoms with Crippen LogP contribution in [-0.4, -0.2) is 43.8 Å². The van der Waals surface area contributed by atoms with Crippen molar-refractivity contribution in [2.45, 2.75) is 70.8 Å². The van der Waals surface area contributed by atoms with E-state index in [-0.39, 0.29) is 34.1 Å². The highest BCUT2D eigenvalue weighted by Gasteiger charge is 2.20. The van der Waals surface area contributed by atoms with Crippen molar-refractivity contribution in [3.05, 3.63) is 59.4 Å². The highest BCUT2D eigenvalue weighted by Crippen LogP contribution is 2.13. The SMILES string of the molecule is CCC(CC)OC(=O)c1ccc(C(=O)NS(=O)(=O)c2ccc(CCNC(=O)C(CC)CC)cc2)cn1. The zero-order valence-electron chi connectivity index (χ0n) is 21.2. The predicted molar refractivity (Wildman–Crippen MR) is 136 cm³/mol. The maximum Gasteiger partial charge on any atom is 0.357 e. The molecule has 1 aromatic carbocycles. The number of amides is 2. The van der Waals surface area contributed by atoms with E-state index >= 15 is 0 Å². The van der Waals surface area contributed by atoms with E-state index in [2.05, 4.69) is 10.3 Å². The normalized spacial score (nSPS) is 11.4. The minimum Gasteiger partial charge on any atom is -0.458 e. The van der Waals surface area contributed by atoms with Crippen LogP contribution < -0.4 is 10.0 Å². The van der Waals surface area contributed by atoms with E-state index in [4.69, 9.17) is 4.74 Å². The number of carbonyl (C=O) groups excluding carboxylic acids is 3. The van der Waals surface area contributed by atoms with E-state index in [1.54, 1.807) is 12.1 Å². The van der Waals surface area contributed by atoms with Gasteiger partial charge in [-0.25, -0.2) is 22.9 Å². The van der Waals surface area contributed by atoms with Crippen LogP contribution in [0.1, 0.15) is 79.8 Å². The molecule has 2 aromatic rings. The number of benzene rings is 1. The van der Waals surface area contributed by atoms with Crippen LogP contribution in [-0.2, 0) is 26.0 Å². The highest BCUT2D eigenvalue weighted by atomic mass is 32.2. The van der Waals surface area contributed by atoms with E-state index < -0.39 is 21.9 Å². The molecule has 1 aromatic heterocycles. The average molecular weight is 518 g/mol. The molecule has 2 rings (SSSR count). The van der Waals surface area contributed by atoms with Crippen LogP contribution in [0.15, 0.2) is 47.5 Å². The second-order valence-corrected chi connectivity index (χ2v) is 10.1. The Balaban J connectivity index is 1.96. The van der Waals surface area contributed by atoms with E-state index in [1.165, 1.54) is 24.3 Å². The lowest BCUT2D eigenvalue weighted by Crippen LogP contribution is -2.31. The summed E-state index contributed by atoms with van der Waals surface area (Å²) < 4.78 is 32.6. The number of aromatic nitrogens is 1. The molecular weight excluding hydrogens is 482 g/mol. The number of rotatable bonds is 13. The lowest BCUT2D eigenvalue weighted by atomic mass is 10.0. The first kappa shape index (κ1) is 29.0. The first-order chi connectivity index (χ1) is 17.1. The average Bonchev–Trinajstić information content (AvgIpc) is 2.88. The van der Waals surface area contributed by atoms with E-state index in [1.807, 2.05) is 32.4 Å². The second kappa shape index (κ2) is 13.7. The van der Waals surface area contributed by atoms with Crippen LogP contribution in [0.3, 0.4) is 0 Å². The van der Waals surface area contributed by atoms with Gasteiger partial charge in [0.1, 0.15) is 11.8 Å². The quantitative estimate of drug-likeness (QED) is 0.388. The third-order valence-corrected chi connectivity index (χ3v) is 7.30. The Morgan fingerprint density at radius 3 is 2.08 bits per heavy atom. The molecule has 0 radical (unpaired) electrons. The van der Waals surface area contributed by atoms with E-state index in [0.29, 0.717) is 25.8 Å². The van der Waals surface area contributed by atoms with Gasteiger partial charge < -0.3 is 10.1 Å². The molecule has 0 unspecified atom stereocenters. The van der Waals surface area contributed by atoms with Crippen molar-refractivity contribution < 1.29 is 27.5 Å². The van der Waals surface area contributed by atoms with Gasteiger partial charge in [-0.1, -0.05) is 39.8 Å². The van der Waals surface area contributed by atoms with Gasteiger partial charge in [-0.15, -0.1) is 0 Å². The van der Waals surface area contributed by atoms with Gasteiger partial charge in [-0.2, -0.15) is 0 Å². The molecule has 1 heterocycles. The van der Waals surface area contributed by atoms with Crippen molar-refractivity contribution in [3.8, 4) is 0 Å². The molecular formula is C26H35N3O6S. The Hall–Kier alpha value is -3.27. The molecule has 0 aliphatic carbocycles. The van der Waals surface area contributed by atoms with Gasteiger partial charge in [0.05, 0.1) is 10.5 Å². The molecule has 10 heteroatoms. The molecule has 0 aliphatic rings. The summed E-state index contributed by atoms with van der Waals surface area (Å²) in [7, 11) is -4.11. The van der Waals surface area contributed by atoms with Gasteiger partial charge in [0, 0.05) is 18.7 Å². The third-order valence-electron chi connectivity index (χ3n) is 5.95. The number of sulfonamides is 1. The predicted octanol–water partition coefficient (Wildman–Crippen LogP) is 3.64. The summed E-state index contributed by atoms with van der Waals surface area (Å²) in [5.41, 5.74) is 0.876. The van der Waals surface area contributed by atoms with E-state index in [0.717, 1.165) is 24.6 Å². The molecule has 9 nitrogen and oxygen atoms in total. The molecule has 0 bridgehead atoms. The Morgan fingerprint density at radius 2 is 1.56 bits per heavy atom. The molecule has 0 aliphatic heterocycles. The fourth-order valence-corrected chi connectivity index (χ4v) is 4.50. The zero-order valence-corrected chi connectivity index (χ0v) is 22.1. The Morgan fingerprint density at radius 1 is 0.917 bits per heavy atom. The van der Waals surface area contributed by atoms with Gasteiger partial charge in [-0.05, 0) is 61.9 Å². The molecule has 36 heavy (non-hydrogen) atoms. The summed E-state index contributed by atoms with van der Waals surface area (Å²) in [6.07, 6.45) is 4.39. The number of ether oxygens (including phenoxy) is 1. The highest BCUT2D eigenvalue weighted by molar-refractivity contribution is 7.90. The summed E-state index contributed by atoms with van der Waals surface area (Å²) in [4.78, 5) is 40.6. The lowest BCUT2D eigenvalue weighted by Gasteiger charge is -2.13. The molecule has 0 spiro atoms. The summed E-state index contributed by atoms with van der Waals surface area (Å²) in [5.74, 6) is -1.45. The van der Waals surface area contributed by atoms with Crippen molar-refractivity contribution in [2.75, 3.05) is 6.54 Å². The van der Waals surface area contributed by atoms with Gasteiger partial charge >= 0.3 is 5.97 Å². The number of hydrogen-bond donors (Lipinski definition) is 2. The molecule has 0 atom stereocenters. The summed E-state index contributed by atoms with van der Waals surface area (Å²) >= 11 is 0. The maximum absolute atomic E-state index is 12.7. The number of nitrogens with one attached hydrogen (secondary N) is 2. The zero-order chi connectivity index (χ0) is 26.7. The van der Waals surface area contributed by atoms with E-state index in [9.17, 15) is 22.8 Å². The number of pyridine rings is 1. The monoisotopic (exact) mass is 517 g/mol. The lowest BCUT2D eigenvalue weighted by molar-refractivity contribution is -0.125. The smallest absolute Gasteiger partial charge is 0.357 e. The van der Waals surface area contributed by atoms with Gasteiger partial charge in [-0.3, -0.25) is 9.59 Å². The van der Waals surface area contributed by atoms with Crippen molar-refractivity contribution in [3.63, 3.8) is 0 Å². The van der Waals surface area contributed by atoms with Crippen LogP contribution in [0, 0.1) is 5.92 Å². The summed E-state index contributed by atoms with van der Waals surface area (Å²) in [6, 6.07) is 8.74. The van der Waals surface area contributed by atoms with Crippen molar-refractivity contribution in [1.29, 1.82) is 0 Å². The van der Waals surface area contributed by atoms with Gasteiger partial charge in [0.2, 0.25) is 5.91 Å². The Kier molecular flexibility index (Phi) is 11.0. The second-order valence-electron chi connectivity index (χ2n) is 8.41. The number of esters is 1. The molecule has 2 N–H and O–H groups in total. The molecule has 2 amide bonds. The summed E-state index contributed by atoms with van der Waals surface area (Å²) in [5, 5.41) is 2.90. The van der Waals surface area contributed by atoms with Crippen molar-refractivity contribution in [2.24, 2.45) is 5.92 Å². The number of carbonyl (C=O) groups is 3. The van der Waals surface area contributed by atoms with Crippen LogP contribution in [0.25, 0.3) is 0 Å². The number of nitrogens with zero attached hydrogens (tertiary/aromatic N) is 1. The van der Waals surface area contributed by atoms with Gasteiger partial charge in [0.15, 0.2) is 0 Å². The van der Waals surface area contributed by atoms with Crippen molar-refractivity contribution >= 4 is 27.8 Å². The molecule has 0 saturated carbocycles. The Labute approximate surface area is 213 Å². The molecule has 0 fully saturated rings. The van der Waals surface area contributed by atoms with Gasteiger partial charge in [0.25, 0.3) is 15.9 Å². The first-order valence-corrected chi connectivity index (χ1v) is 13.7. The standard InChI is InChI=1S/C26H35N3O6S/c1-5-19(6-2)24(30)27-16-15-18-9-12-22(13-10-18)36(33,34)29-25(31)20-11-14-23(28-17-20)26(32)35-21(7-3)8-4/h9-14,17,19,21H,5-8,15-16H2,1-4H3,(H,27,30)(H,29,31). The molecule has 0 saturated heterocycles. The van der Waals surface area contributed by atoms with Crippen molar-refractivity contribution in [1.82, 2.24) is 15.0 Å². The van der Waals surface area contributed by atoms with Crippen LogP contribution in [0.4, 0.5) is 0 Å². The first-order valence-electron chi connectivity index (χ1n) is 12.3. The van der Waals surface area contributed by atoms with Crippen LogP contribution in [0.2, 0.25) is 0 Å². The number of hydrogen-bond acceptors (Lipinski definition) is 7. The fraction of sp³-hybridized carbons (Fsp3) is 0.462. The van der Waals surface area contributed by atoms with Crippen LogP contribution in [0.5, 0.6) is 0 Å². The minimum absolute atomic E-state index is 0.00386. The topological polar surface area (TPSA) is 132 Å². The third kappa shape index (κ3) is 8.15. The minimum atomic E-state index is -4.11. The molecule has 196 valence electrons. The maximum atomic E-state index is 12.7. The van der Waals surface area contributed by atoms with Crippen LogP contribution >= 0.6 is 0 Å². The fourth-order valence-electron chi connectivity index (χ4n) is 3.53.